The summed E-state index contributed by atoms with van der Waals surface area (Å²) >= 11 is 6.11. The molecular weight excluding hydrogens is 329 g/mol. The van der Waals surface area contributed by atoms with Crippen molar-refractivity contribution in [2.75, 3.05) is 0 Å². The van der Waals surface area contributed by atoms with E-state index in [1.54, 1.807) is 0 Å². The zero-order chi connectivity index (χ0) is 16.9. The summed E-state index contributed by atoms with van der Waals surface area (Å²) in [6.07, 6.45) is 11.4. The molecule has 130 valence electrons. The van der Waals surface area contributed by atoms with Crippen molar-refractivity contribution in [3.63, 3.8) is 0 Å². The lowest BCUT2D eigenvalue weighted by Gasteiger charge is -2.56. The molecule has 25 heavy (non-hydrogen) atoms. The number of halogens is 1. The molecule has 0 saturated carbocycles. The number of hydrogen-bond donors (Lipinski definition) is 0. The second kappa shape index (κ2) is 6.14. The molecule has 0 amide bonds. The highest BCUT2D eigenvalue weighted by molar-refractivity contribution is 6.69. The molecule has 1 aromatic carbocycles. The zero-order valence-electron chi connectivity index (χ0n) is 14.6. The second-order valence-electron chi connectivity index (χ2n) is 8.23. The molecule has 2 aromatic rings. The summed E-state index contributed by atoms with van der Waals surface area (Å²) < 4.78 is 9.69. The van der Waals surface area contributed by atoms with Crippen LogP contribution in [0.3, 0.4) is 0 Å². The molecule has 2 fully saturated rings. The molecule has 3 aliphatic heterocycles. The summed E-state index contributed by atoms with van der Waals surface area (Å²) in [5, 5.41) is 0.795. The van der Waals surface area contributed by atoms with Gasteiger partial charge in [-0.3, -0.25) is 0 Å². The second-order valence-corrected chi connectivity index (χ2v) is 8.67. The third kappa shape index (κ3) is 2.47. The molecule has 3 aliphatic rings. The fraction of sp³-hybridized carbons (Fsp3) is 0.476. The van der Waals surface area contributed by atoms with E-state index in [2.05, 4.69) is 41.0 Å². The highest BCUT2D eigenvalue weighted by Gasteiger charge is 2.58. The molecule has 1 spiro atoms. The SMILES string of the molecule is Clc1ccc(C2Cc3cccc[n+]3[B-]3(O2)C2CCCC3CCC2)cc1. The van der Waals surface area contributed by atoms with Crippen LogP contribution in [0.5, 0.6) is 0 Å². The maximum absolute atomic E-state index is 7.12. The van der Waals surface area contributed by atoms with Crippen LogP contribution >= 0.6 is 11.6 Å². The van der Waals surface area contributed by atoms with E-state index in [9.17, 15) is 0 Å². The molecular formula is C21H25BClNO. The van der Waals surface area contributed by atoms with E-state index in [1.807, 2.05) is 12.1 Å². The van der Waals surface area contributed by atoms with E-state index < -0.39 is 6.48 Å². The fourth-order valence-electron chi connectivity index (χ4n) is 6.09. The highest BCUT2D eigenvalue weighted by Crippen LogP contribution is 2.54. The number of hydrogen-bond acceptors (Lipinski definition) is 1. The Bertz CT molecular complexity index is 756. The van der Waals surface area contributed by atoms with Gasteiger partial charge in [-0.05, 0) is 23.8 Å². The van der Waals surface area contributed by atoms with Crippen LogP contribution in [-0.2, 0) is 11.1 Å². The molecule has 1 aromatic heterocycles. The van der Waals surface area contributed by atoms with Crippen LogP contribution in [0.25, 0.3) is 0 Å². The summed E-state index contributed by atoms with van der Waals surface area (Å²) in [6, 6.07) is 15.0. The topological polar surface area (TPSA) is 13.1 Å². The lowest BCUT2D eigenvalue weighted by atomic mass is 9.27. The van der Waals surface area contributed by atoms with Gasteiger partial charge in [0.05, 0.1) is 12.5 Å². The van der Waals surface area contributed by atoms with E-state index >= 15 is 0 Å². The Labute approximate surface area is 155 Å². The van der Waals surface area contributed by atoms with Crippen LogP contribution in [0.15, 0.2) is 48.7 Å². The van der Waals surface area contributed by atoms with Gasteiger partial charge >= 0.3 is 6.48 Å². The van der Waals surface area contributed by atoms with Crippen molar-refractivity contribution in [2.45, 2.75) is 62.7 Å². The zero-order valence-corrected chi connectivity index (χ0v) is 15.4. The molecule has 1 atom stereocenters. The lowest BCUT2D eigenvalue weighted by Crippen LogP contribution is -2.76. The molecule has 4 heterocycles. The predicted molar refractivity (Wildman–Crippen MR) is 102 cm³/mol. The predicted octanol–water partition coefficient (Wildman–Crippen LogP) is 5.34. The minimum absolute atomic E-state index is 0.154. The quantitative estimate of drug-likeness (QED) is 0.631. The first-order chi connectivity index (χ1) is 12.3. The van der Waals surface area contributed by atoms with Gasteiger partial charge in [0.1, 0.15) is 11.9 Å². The van der Waals surface area contributed by atoms with Gasteiger partial charge in [0.2, 0.25) is 0 Å². The van der Waals surface area contributed by atoms with Gasteiger partial charge in [0.15, 0.2) is 0 Å². The highest BCUT2D eigenvalue weighted by atomic mass is 35.5. The van der Waals surface area contributed by atoms with Gasteiger partial charge in [0.25, 0.3) is 0 Å². The molecule has 0 radical (unpaired) electrons. The van der Waals surface area contributed by atoms with Crippen molar-refractivity contribution < 1.29 is 9.13 Å². The number of pyridine rings is 1. The Morgan fingerprint density at radius 2 is 1.60 bits per heavy atom. The monoisotopic (exact) mass is 353 g/mol. The minimum Gasteiger partial charge on any atom is -0.525 e. The molecule has 2 nitrogen and oxygen atoms in total. The van der Waals surface area contributed by atoms with E-state index in [0.717, 1.165) is 11.4 Å². The van der Waals surface area contributed by atoms with E-state index in [4.69, 9.17) is 16.3 Å². The van der Waals surface area contributed by atoms with Crippen LogP contribution in [0.1, 0.15) is 55.9 Å². The van der Waals surface area contributed by atoms with Gasteiger partial charge in [-0.25, -0.2) is 0 Å². The Balaban J connectivity index is 1.63. The Morgan fingerprint density at radius 3 is 2.28 bits per heavy atom. The Kier molecular flexibility index (Phi) is 3.90. The summed E-state index contributed by atoms with van der Waals surface area (Å²) in [6.45, 7) is -0.984. The van der Waals surface area contributed by atoms with Crippen molar-refractivity contribution in [3.8, 4) is 0 Å². The van der Waals surface area contributed by atoms with Gasteiger partial charge < -0.3 is 9.13 Å². The van der Waals surface area contributed by atoms with Crippen LogP contribution in [0.2, 0.25) is 16.7 Å². The number of benzene rings is 1. The number of rotatable bonds is 1. The van der Waals surface area contributed by atoms with Crippen molar-refractivity contribution in [1.29, 1.82) is 0 Å². The first-order valence-electron chi connectivity index (χ1n) is 9.86. The molecule has 5 rings (SSSR count). The average Bonchev–Trinajstić information content (AvgIpc) is 2.62. The van der Waals surface area contributed by atoms with E-state index in [-0.39, 0.29) is 6.10 Å². The average molecular weight is 354 g/mol. The minimum atomic E-state index is -0.984. The third-order valence-electron chi connectivity index (χ3n) is 7.08. The molecule has 4 heteroatoms. The lowest BCUT2D eigenvalue weighted by molar-refractivity contribution is -0.586. The van der Waals surface area contributed by atoms with E-state index in [1.165, 1.54) is 49.8 Å². The summed E-state index contributed by atoms with van der Waals surface area (Å²) in [5.41, 5.74) is 2.71. The summed E-state index contributed by atoms with van der Waals surface area (Å²) in [7, 11) is 0. The van der Waals surface area contributed by atoms with Gasteiger partial charge in [-0.15, -0.1) is 0 Å². The van der Waals surface area contributed by atoms with Crippen LogP contribution < -0.4 is 4.48 Å². The third-order valence-corrected chi connectivity index (χ3v) is 7.33. The van der Waals surface area contributed by atoms with Crippen LogP contribution in [0, 0.1) is 0 Å². The number of aromatic nitrogens is 1. The standard InChI is InChI=1S/C21H25BClNO/c23-19-12-10-16(11-13-19)21-15-20-9-1-2-14-24(20)22(25-21)17-5-3-6-18(22)8-4-7-17/h1-2,9-14,17-18,21H,3-8,15H2. The fourth-order valence-corrected chi connectivity index (χ4v) is 6.21. The molecule has 2 saturated heterocycles. The summed E-state index contributed by atoms with van der Waals surface area (Å²) in [4.78, 5) is 0. The smallest absolute Gasteiger partial charge is 0.411 e. The van der Waals surface area contributed by atoms with Crippen molar-refractivity contribution in [1.82, 2.24) is 0 Å². The Morgan fingerprint density at radius 1 is 0.920 bits per heavy atom. The maximum atomic E-state index is 7.12. The molecule has 0 aliphatic carbocycles. The summed E-state index contributed by atoms with van der Waals surface area (Å²) in [5.74, 6) is 1.41. The number of fused-ring (bicyclic) bond motifs is 1. The van der Waals surface area contributed by atoms with Gasteiger partial charge in [-0.1, -0.05) is 80.0 Å². The largest absolute Gasteiger partial charge is 0.525 e. The molecule has 0 N–H and O–H groups in total. The first kappa shape index (κ1) is 15.9. The first-order valence-corrected chi connectivity index (χ1v) is 10.2. The number of nitrogens with zero attached hydrogens (tertiary/aromatic N) is 1. The van der Waals surface area contributed by atoms with Crippen molar-refractivity contribution in [3.05, 3.63) is 64.9 Å². The molecule has 1 unspecified atom stereocenters. The van der Waals surface area contributed by atoms with Crippen molar-refractivity contribution >= 4 is 18.1 Å². The van der Waals surface area contributed by atoms with Gasteiger partial charge in [0, 0.05) is 11.1 Å². The van der Waals surface area contributed by atoms with Gasteiger partial charge in [-0.2, -0.15) is 0 Å². The van der Waals surface area contributed by atoms with Crippen LogP contribution in [0.4, 0.5) is 0 Å². The normalized spacial score (nSPS) is 33.9. The van der Waals surface area contributed by atoms with Crippen LogP contribution in [-0.4, -0.2) is 6.48 Å². The maximum Gasteiger partial charge on any atom is 0.411 e. The Hall–Kier alpha value is -1.32. The molecule has 2 bridgehead atoms. The van der Waals surface area contributed by atoms with Crippen molar-refractivity contribution in [2.24, 2.45) is 0 Å². The van der Waals surface area contributed by atoms with E-state index in [0.29, 0.717) is 11.6 Å².